The summed E-state index contributed by atoms with van der Waals surface area (Å²) < 4.78 is 40.2. The van der Waals surface area contributed by atoms with E-state index in [2.05, 4.69) is 9.62 Å². The first-order valence-corrected chi connectivity index (χ1v) is 8.72. The molecule has 3 N–H and O–H groups in total. The molecule has 1 aliphatic heterocycles. The predicted molar refractivity (Wildman–Crippen MR) is 79.8 cm³/mol. The molecule has 7 heteroatoms. The summed E-state index contributed by atoms with van der Waals surface area (Å²) in [7, 11) is -3.71. The van der Waals surface area contributed by atoms with E-state index in [9.17, 15) is 12.8 Å². The van der Waals surface area contributed by atoms with Crippen molar-refractivity contribution < 1.29 is 12.8 Å². The standard InChI is InChI=1S/C14H22FN3O2S/c15-13-5-4-12(11-16)14(10-13)21(19,20)17-6-3-9-18-7-1-2-8-18/h4-5,10,17H,1-3,6-9,11,16H2. The van der Waals surface area contributed by atoms with Gasteiger partial charge in [0.1, 0.15) is 5.82 Å². The summed E-state index contributed by atoms with van der Waals surface area (Å²) in [5.41, 5.74) is 5.93. The molecule has 118 valence electrons. The third kappa shape index (κ3) is 4.47. The van der Waals surface area contributed by atoms with E-state index in [4.69, 9.17) is 5.73 Å². The van der Waals surface area contributed by atoms with E-state index in [1.807, 2.05) is 0 Å². The van der Waals surface area contributed by atoms with Gasteiger partial charge in [0.15, 0.2) is 0 Å². The molecule has 1 fully saturated rings. The van der Waals surface area contributed by atoms with Crippen molar-refractivity contribution in [3.05, 3.63) is 29.6 Å². The molecule has 0 spiro atoms. The average molecular weight is 315 g/mol. The fourth-order valence-corrected chi connectivity index (χ4v) is 3.87. The topological polar surface area (TPSA) is 75.4 Å². The highest BCUT2D eigenvalue weighted by Crippen LogP contribution is 2.17. The largest absolute Gasteiger partial charge is 0.326 e. The highest BCUT2D eigenvalue weighted by Gasteiger charge is 2.18. The van der Waals surface area contributed by atoms with E-state index in [-0.39, 0.29) is 11.4 Å². The highest BCUT2D eigenvalue weighted by atomic mass is 32.2. The van der Waals surface area contributed by atoms with Crippen molar-refractivity contribution in [3.63, 3.8) is 0 Å². The summed E-state index contributed by atoms with van der Waals surface area (Å²) in [5.74, 6) is -0.579. The van der Waals surface area contributed by atoms with E-state index < -0.39 is 15.8 Å². The Morgan fingerprint density at radius 3 is 2.67 bits per heavy atom. The summed E-state index contributed by atoms with van der Waals surface area (Å²) in [6.45, 7) is 3.47. The number of rotatable bonds is 7. The Morgan fingerprint density at radius 1 is 1.29 bits per heavy atom. The van der Waals surface area contributed by atoms with Crippen LogP contribution in [0.5, 0.6) is 0 Å². The summed E-state index contributed by atoms with van der Waals surface area (Å²) in [6, 6.07) is 3.65. The van der Waals surface area contributed by atoms with Crippen molar-refractivity contribution in [1.29, 1.82) is 0 Å². The molecule has 1 aliphatic rings. The van der Waals surface area contributed by atoms with Crippen molar-refractivity contribution in [2.75, 3.05) is 26.2 Å². The second-order valence-corrected chi connectivity index (χ2v) is 6.99. The number of sulfonamides is 1. The molecular weight excluding hydrogens is 293 g/mol. The molecule has 0 aromatic heterocycles. The van der Waals surface area contributed by atoms with Crippen molar-refractivity contribution >= 4 is 10.0 Å². The van der Waals surface area contributed by atoms with Gasteiger partial charge in [-0.25, -0.2) is 17.5 Å². The zero-order valence-corrected chi connectivity index (χ0v) is 12.8. The van der Waals surface area contributed by atoms with Gasteiger partial charge in [-0.05, 0) is 56.6 Å². The van der Waals surface area contributed by atoms with Gasteiger partial charge >= 0.3 is 0 Å². The van der Waals surface area contributed by atoms with Crippen molar-refractivity contribution in [1.82, 2.24) is 9.62 Å². The first kappa shape index (κ1) is 16.4. The molecule has 1 aromatic carbocycles. The van der Waals surface area contributed by atoms with Crippen molar-refractivity contribution in [2.24, 2.45) is 5.73 Å². The zero-order valence-electron chi connectivity index (χ0n) is 12.0. The molecule has 0 bridgehead atoms. The number of hydrogen-bond acceptors (Lipinski definition) is 4. The molecule has 21 heavy (non-hydrogen) atoms. The second kappa shape index (κ2) is 7.31. The van der Waals surface area contributed by atoms with Crippen LogP contribution in [0.4, 0.5) is 4.39 Å². The number of halogens is 1. The molecule has 0 amide bonds. The molecular formula is C14H22FN3O2S. The van der Waals surface area contributed by atoms with Crippen LogP contribution in [0.2, 0.25) is 0 Å². The summed E-state index contributed by atoms with van der Waals surface area (Å²) >= 11 is 0. The van der Waals surface area contributed by atoms with Crippen molar-refractivity contribution in [2.45, 2.75) is 30.7 Å². The Kier molecular flexibility index (Phi) is 5.69. The minimum atomic E-state index is -3.71. The fraction of sp³-hybridized carbons (Fsp3) is 0.571. The first-order chi connectivity index (χ1) is 10.0. The molecule has 5 nitrogen and oxygen atoms in total. The Labute approximate surface area is 125 Å². The molecule has 0 unspecified atom stereocenters. The normalized spacial score (nSPS) is 16.5. The third-order valence-corrected chi connectivity index (χ3v) is 5.22. The van der Waals surface area contributed by atoms with Crippen LogP contribution in [-0.2, 0) is 16.6 Å². The molecule has 0 saturated carbocycles. The van der Waals surface area contributed by atoms with Crippen LogP contribution in [0.25, 0.3) is 0 Å². The minimum Gasteiger partial charge on any atom is -0.326 e. The van der Waals surface area contributed by atoms with Crippen LogP contribution in [0.3, 0.4) is 0 Å². The van der Waals surface area contributed by atoms with Gasteiger partial charge in [0.25, 0.3) is 0 Å². The maximum Gasteiger partial charge on any atom is 0.240 e. The molecule has 2 rings (SSSR count). The number of nitrogens with zero attached hydrogens (tertiary/aromatic N) is 1. The lowest BCUT2D eigenvalue weighted by molar-refractivity contribution is 0.334. The molecule has 1 aromatic rings. The number of hydrogen-bond donors (Lipinski definition) is 2. The van der Waals surface area contributed by atoms with Crippen molar-refractivity contribution in [3.8, 4) is 0 Å². The van der Waals surface area contributed by atoms with E-state index >= 15 is 0 Å². The number of benzene rings is 1. The van der Waals surface area contributed by atoms with Gasteiger partial charge in [0.2, 0.25) is 10.0 Å². The van der Waals surface area contributed by atoms with E-state index in [0.29, 0.717) is 12.1 Å². The van der Waals surface area contributed by atoms with Gasteiger partial charge in [-0.15, -0.1) is 0 Å². The van der Waals surface area contributed by atoms with Crippen LogP contribution >= 0.6 is 0 Å². The van der Waals surface area contributed by atoms with Gasteiger partial charge in [-0.1, -0.05) is 6.07 Å². The zero-order chi connectivity index (χ0) is 15.3. The highest BCUT2D eigenvalue weighted by molar-refractivity contribution is 7.89. The van der Waals surface area contributed by atoms with E-state index in [0.717, 1.165) is 32.1 Å². The fourth-order valence-electron chi connectivity index (χ4n) is 2.54. The third-order valence-electron chi connectivity index (χ3n) is 3.68. The van der Waals surface area contributed by atoms with E-state index in [1.54, 1.807) is 0 Å². The maximum atomic E-state index is 13.3. The van der Waals surface area contributed by atoms with E-state index in [1.165, 1.54) is 25.0 Å². The summed E-state index contributed by atoms with van der Waals surface area (Å²) in [4.78, 5) is 2.26. The number of likely N-dealkylation sites (tertiary alicyclic amines) is 1. The lowest BCUT2D eigenvalue weighted by Crippen LogP contribution is -2.29. The van der Waals surface area contributed by atoms with Gasteiger partial charge < -0.3 is 10.6 Å². The molecule has 1 heterocycles. The Morgan fingerprint density at radius 2 is 2.00 bits per heavy atom. The van der Waals surface area contributed by atoms with Crippen LogP contribution in [0, 0.1) is 5.82 Å². The number of nitrogens with one attached hydrogen (secondary N) is 1. The van der Waals surface area contributed by atoms with Crippen LogP contribution in [0.1, 0.15) is 24.8 Å². The van der Waals surface area contributed by atoms with Crippen LogP contribution in [-0.4, -0.2) is 39.5 Å². The predicted octanol–water partition coefficient (Wildman–Crippen LogP) is 1.05. The lowest BCUT2D eigenvalue weighted by atomic mass is 10.2. The second-order valence-electron chi connectivity index (χ2n) is 5.26. The quantitative estimate of drug-likeness (QED) is 0.738. The lowest BCUT2D eigenvalue weighted by Gasteiger charge is -2.15. The van der Waals surface area contributed by atoms with Gasteiger partial charge in [0.05, 0.1) is 4.90 Å². The van der Waals surface area contributed by atoms with Crippen LogP contribution in [0.15, 0.2) is 23.1 Å². The monoisotopic (exact) mass is 315 g/mol. The number of nitrogens with two attached hydrogens (primary N) is 1. The smallest absolute Gasteiger partial charge is 0.240 e. The molecule has 0 atom stereocenters. The van der Waals surface area contributed by atoms with Gasteiger partial charge in [-0.3, -0.25) is 0 Å². The Hall–Kier alpha value is -1.02. The van der Waals surface area contributed by atoms with Gasteiger partial charge in [0, 0.05) is 13.1 Å². The average Bonchev–Trinajstić information content (AvgIpc) is 2.97. The Bertz CT molecular complexity index is 572. The Balaban J connectivity index is 1.93. The molecule has 0 aliphatic carbocycles. The summed E-state index contributed by atoms with van der Waals surface area (Å²) in [5, 5.41) is 0. The molecule has 0 radical (unpaired) electrons. The van der Waals surface area contributed by atoms with Gasteiger partial charge in [-0.2, -0.15) is 0 Å². The summed E-state index contributed by atoms with van der Waals surface area (Å²) in [6.07, 6.45) is 3.18. The SMILES string of the molecule is NCc1ccc(F)cc1S(=O)(=O)NCCCN1CCCC1. The maximum absolute atomic E-state index is 13.3. The van der Waals surface area contributed by atoms with Crippen LogP contribution < -0.4 is 10.5 Å². The molecule has 1 saturated heterocycles. The first-order valence-electron chi connectivity index (χ1n) is 7.23. The minimum absolute atomic E-state index is 0.0598.